The standard InChI is InChI=1S/C37H49FN2O8/c1-37(2,38)22-30(39-3)35(43)48-32(21-26-12-14-28(15-13-26)29-16-18-45-19-17-29)34(42)40(4)31(20-25-10-11-25)36(44)47-24-33(41)46-23-27-8-6-5-7-9-27/h5-9,12-15,25,29-32,39H,10-11,16-24H2,1-4H3/t30-,31-,32+/m0/s1. The highest BCUT2D eigenvalue weighted by molar-refractivity contribution is 5.89. The van der Waals surface area contributed by atoms with Gasteiger partial charge in [-0.1, -0.05) is 67.4 Å². The molecule has 1 heterocycles. The molecule has 11 heteroatoms. The first-order chi connectivity index (χ1) is 22.9. The molecule has 1 saturated heterocycles. The predicted octanol–water partition coefficient (Wildman–Crippen LogP) is 4.67. The summed E-state index contributed by atoms with van der Waals surface area (Å²) >= 11 is 0. The summed E-state index contributed by atoms with van der Waals surface area (Å²) in [6.07, 6.45) is 2.63. The predicted molar refractivity (Wildman–Crippen MR) is 177 cm³/mol. The number of halogens is 1. The number of likely N-dealkylation sites (N-methyl/N-ethyl adjacent to an activating group) is 2. The fourth-order valence-corrected chi connectivity index (χ4v) is 5.83. The fourth-order valence-electron chi connectivity index (χ4n) is 5.83. The molecule has 1 N–H and O–H groups in total. The SMILES string of the molecule is CN[C@@H](CC(C)(C)F)C(=O)O[C@H](Cc1ccc(C2CCOCC2)cc1)C(=O)N(C)[C@@H](CC1CC1)C(=O)OCC(=O)OCc1ccccc1. The van der Waals surface area contributed by atoms with Gasteiger partial charge in [0.1, 0.15) is 24.4 Å². The van der Waals surface area contributed by atoms with E-state index in [2.05, 4.69) is 5.32 Å². The summed E-state index contributed by atoms with van der Waals surface area (Å²) in [4.78, 5) is 54.3. The lowest BCUT2D eigenvalue weighted by Gasteiger charge is -2.31. The Bertz CT molecular complexity index is 1350. The molecule has 10 nitrogen and oxygen atoms in total. The molecule has 3 atom stereocenters. The molecule has 2 aliphatic rings. The van der Waals surface area contributed by atoms with Crippen LogP contribution >= 0.6 is 0 Å². The van der Waals surface area contributed by atoms with Crippen molar-refractivity contribution < 1.29 is 42.5 Å². The van der Waals surface area contributed by atoms with Crippen molar-refractivity contribution >= 4 is 23.8 Å². The molecular formula is C37H49FN2O8. The van der Waals surface area contributed by atoms with Crippen molar-refractivity contribution in [2.75, 3.05) is 33.9 Å². The van der Waals surface area contributed by atoms with Crippen LogP contribution < -0.4 is 5.32 Å². The van der Waals surface area contributed by atoms with Crippen LogP contribution in [0.15, 0.2) is 54.6 Å². The van der Waals surface area contributed by atoms with Crippen LogP contribution in [0.3, 0.4) is 0 Å². The molecule has 48 heavy (non-hydrogen) atoms. The monoisotopic (exact) mass is 668 g/mol. The fraction of sp³-hybridized carbons (Fsp3) is 0.568. The lowest BCUT2D eigenvalue weighted by atomic mass is 9.90. The minimum atomic E-state index is -1.66. The number of esters is 3. The van der Waals surface area contributed by atoms with Crippen LogP contribution in [-0.4, -0.2) is 86.5 Å². The molecule has 2 aromatic rings. The van der Waals surface area contributed by atoms with Crippen LogP contribution in [0.4, 0.5) is 4.39 Å². The average Bonchev–Trinajstić information content (AvgIpc) is 3.91. The second-order valence-electron chi connectivity index (χ2n) is 13.4. The van der Waals surface area contributed by atoms with Crippen LogP contribution in [0, 0.1) is 5.92 Å². The topological polar surface area (TPSA) is 120 Å². The maximum atomic E-state index is 14.5. The van der Waals surface area contributed by atoms with Gasteiger partial charge < -0.3 is 29.2 Å². The lowest BCUT2D eigenvalue weighted by Crippen LogP contribution is -2.51. The van der Waals surface area contributed by atoms with Gasteiger partial charge in [0.25, 0.3) is 5.91 Å². The molecule has 1 amide bonds. The van der Waals surface area contributed by atoms with Crippen LogP contribution in [-0.2, 0) is 51.2 Å². The van der Waals surface area contributed by atoms with Crippen molar-refractivity contribution in [3.8, 4) is 0 Å². The van der Waals surface area contributed by atoms with Crippen molar-refractivity contribution in [3.63, 3.8) is 0 Å². The third kappa shape index (κ3) is 11.7. The van der Waals surface area contributed by atoms with Crippen molar-refractivity contribution in [2.45, 2.75) is 95.2 Å². The number of hydrogen-bond acceptors (Lipinski definition) is 9. The molecule has 2 aromatic carbocycles. The van der Waals surface area contributed by atoms with Crippen LogP contribution in [0.1, 0.15) is 75.0 Å². The summed E-state index contributed by atoms with van der Waals surface area (Å²) in [6.45, 7) is 3.60. The molecule has 4 rings (SSSR count). The summed E-state index contributed by atoms with van der Waals surface area (Å²) in [5.41, 5.74) is 1.07. The summed E-state index contributed by atoms with van der Waals surface area (Å²) in [7, 11) is 3.00. The number of benzene rings is 2. The van der Waals surface area contributed by atoms with Gasteiger partial charge in [-0.15, -0.1) is 0 Å². The van der Waals surface area contributed by atoms with Crippen molar-refractivity contribution in [1.29, 1.82) is 0 Å². The number of nitrogens with one attached hydrogen (secondary N) is 1. The Morgan fingerprint density at radius 2 is 1.60 bits per heavy atom. The molecule has 262 valence electrons. The molecule has 0 unspecified atom stereocenters. The molecule has 0 radical (unpaired) electrons. The Balaban J connectivity index is 1.47. The minimum absolute atomic E-state index is 0.0391. The van der Waals surface area contributed by atoms with Crippen LogP contribution in [0.25, 0.3) is 0 Å². The molecule has 1 saturated carbocycles. The molecule has 2 fully saturated rings. The number of amides is 1. The summed E-state index contributed by atoms with van der Waals surface area (Å²) < 4.78 is 36.4. The summed E-state index contributed by atoms with van der Waals surface area (Å²) in [5.74, 6) is -2.21. The Morgan fingerprint density at radius 3 is 2.21 bits per heavy atom. The van der Waals surface area contributed by atoms with Crippen molar-refractivity contribution in [1.82, 2.24) is 10.2 Å². The number of rotatable bonds is 17. The number of ether oxygens (including phenoxy) is 4. The van der Waals surface area contributed by atoms with E-state index in [9.17, 15) is 23.6 Å². The quantitative estimate of drug-likeness (QED) is 0.189. The second-order valence-corrected chi connectivity index (χ2v) is 13.4. The first-order valence-electron chi connectivity index (χ1n) is 16.8. The normalized spacial score (nSPS) is 17.1. The molecular weight excluding hydrogens is 619 g/mol. The van der Waals surface area contributed by atoms with Crippen molar-refractivity contribution in [2.24, 2.45) is 5.92 Å². The number of alkyl halides is 1. The molecule has 1 aliphatic carbocycles. The Hall–Kier alpha value is -3.83. The average molecular weight is 669 g/mol. The van der Waals surface area contributed by atoms with Gasteiger partial charge in [0.15, 0.2) is 12.7 Å². The Labute approximate surface area is 282 Å². The molecule has 0 bridgehead atoms. The third-order valence-electron chi connectivity index (χ3n) is 8.87. The summed E-state index contributed by atoms with van der Waals surface area (Å²) in [6, 6.07) is 15.0. The van der Waals surface area contributed by atoms with Crippen LogP contribution in [0.2, 0.25) is 0 Å². The first-order valence-corrected chi connectivity index (χ1v) is 16.8. The van der Waals surface area contributed by atoms with Gasteiger partial charge in [-0.25, -0.2) is 14.0 Å². The molecule has 1 aliphatic heterocycles. The van der Waals surface area contributed by atoms with Gasteiger partial charge in [-0.3, -0.25) is 9.59 Å². The van der Waals surface area contributed by atoms with E-state index in [1.807, 2.05) is 54.6 Å². The number of hydrogen-bond donors (Lipinski definition) is 1. The second kappa shape index (κ2) is 17.5. The maximum absolute atomic E-state index is 14.5. The summed E-state index contributed by atoms with van der Waals surface area (Å²) in [5, 5.41) is 2.80. The first kappa shape index (κ1) is 37.0. The minimum Gasteiger partial charge on any atom is -0.458 e. The van der Waals surface area contributed by atoms with E-state index < -0.39 is 54.3 Å². The van der Waals surface area contributed by atoms with Gasteiger partial charge >= 0.3 is 17.9 Å². The lowest BCUT2D eigenvalue weighted by molar-refractivity contribution is -0.169. The van der Waals surface area contributed by atoms with Gasteiger partial charge in [-0.05, 0) is 68.7 Å². The number of nitrogens with zero attached hydrogens (tertiary/aromatic N) is 1. The Kier molecular flexibility index (Phi) is 13.5. The van der Waals surface area contributed by atoms with Crippen LogP contribution in [0.5, 0.6) is 0 Å². The van der Waals surface area contributed by atoms with Gasteiger partial charge in [0, 0.05) is 33.1 Å². The highest BCUT2D eigenvalue weighted by Gasteiger charge is 2.39. The third-order valence-corrected chi connectivity index (χ3v) is 8.87. The van der Waals surface area contributed by atoms with E-state index in [0.29, 0.717) is 25.6 Å². The maximum Gasteiger partial charge on any atom is 0.344 e. The number of carbonyl (C=O) groups is 4. The van der Waals surface area contributed by atoms with Gasteiger partial charge in [-0.2, -0.15) is 0 Å². The zero-order chi connectivity index (χ0) is 34.7. The largest absolute Gasteiger partial charge is 0.458 e. The zero-order valence-corrected chi connectivity index (χ0v) is 28.5. The molecule has 0 spiro atoms. The van der Waals surface area contributed by atoms with Crippen molar-refractivity contribution in [3.05, 3.63) is 71.3 Å². The van der Waals surface area contributed by atoms with Gasteiger partial charge in [0.05, 0.1) is 0 Å². The highest BCUT2D eigenvalue weighted by atomic mass is 19.1. The van der Waals surface area contributed by atoms with E-state index in [1.54, 1.807) is 0 Å². The van der Waals surface area contributed by atoms with E-state index in [1.165, 1.54) is 38.4 Å². The smallest absolute Gasteiger partial charge is 0.344 e. The van der Waals surface area contributed by atoms with E-state index >= 15 is 0 Å². The number of carbonyl (C=O) groups excluding carboxylic acids is 4. The van der Waals surface area contributed by atoms with E-state index in [0.717, 1.165) is 36.8 Å². The van der Waals surface area contributed by atoms with E-state index in [4.69, 9.17) is 18.9 Å². The Morgan fingerprint density at radius 1 is 0.938 bits per heavy atom. The van der Waals surface area contributed by atoms with Gasteiger partial charge in [0.2, 0.25) is 0 Å². The highest BCUT2D eigenvalue weighted by Crippen LogP contribution is 2.35. The zero-order valence-electron chi connectivity index (χ0n) is 28.5. The van der Waals surface area contributed by atoms with E-state index in [-0.39, 0.29) is 25.4 Å². The molecule has 0 aromatic heterocycles.